The molecule has 0 aromatic carbocycles. The molecule has 0 aliphatic heterocycles. The third-order valence-electron chi connectivity index (χ3n) is 1.43. The first-order valence-electron chi connectivity index (χ1n) is 3.54. The van der Waals surface area contributed by atoms with Crippen molar-refractivity contribution in [3.05, 3.63) is 23.9 Å². The molecule has 0 unspecified atom stereocenters. The maximum atomic E-state index is 3.83. The van der Waals surface area contributed by atoms with Crippen LogP contribution in [0.15, 0.2) is 23.9 Å². The Morgan fingerprint density at radius 1 is 1.40 bits per heavy atom. The van der Waals surface area contributed by atoms with Gasteiger partial charge in [0.15, 0.2) is 0 Å². The lowest BCUT2D eigenvalue weighted by Gasteiger charge is -2.16. The van der Waals surface area contributed by atoms with Crippen molar-refractivity contribution in [3.63, 3.8) is 0 Å². The molecule has 0 saturated heterocycles. The summed E-state index contributed by atoms with van der Waals surface area (Å²) in [6, 6.07) is 0. The maximum Gasteiger partial charge on any atom is 0.0355 e. The molecule has 0 aromatic rings. The quantitative estimate of drug-likeness (QED) is 0.543. The van der Waals surface area contributed by atoms with Crippen LogP contribution in [0.5, 0.6) is 0 Å². The van der Waals surface area contributed by atoms with Gasteiger partial charge < -0.3 is 4.90 Å². The van der Waals surface area contributed by atoms with Crippen LogP contribution in [0.1, 0.15) is 20.8 Å². The van der Waals surface area contributed by atoms with Gasteiger partial charge >= 0.3 is 0 Å². The standard InChI is InChI=1S/C9H17N/c1-8(2)6-7-10(5)9(3)4/h6H,3,7H2,1-2,4-5H3. The highest BCUT2D eigenvalue weighted by Gasteiger charge is 1.90. The minimum atomic E-state index is 0.970. The molecular formula is C9H17N. The lowest BCUT2D eigenvalue weighted by molar-refractivity contribution is 0.467. The van der Waals surface area contributed by atoms with Crippen molar-refractivity contribution in [2.24, 2.45) is 0 Å². The molecule has 58 valence electrons. The topological polar surface area (TPSA) is 3.24 Å². The Kier molecular flexibility index (Phi) is 3.85. The Hall–Kier alpha value is -0.720. The first-order chi connectivity index (χ1) is 4.54. The van der Waals surface area contributed by atoms with Crippen molar-refractivity contribution < 1.29 is 0 Å². The molecule has 0 radical (unpaired) electrons. The SMILES string of the molecule is C=C(C)N(C)CC=C(C)C. The van der Waals surface area contributed by atoms with E-state index < -0.39 is 0 Å². The second kappa shape index (κ2) is 4.15. The van der Waals surface area contributed by atoms with Gasteiger partial charge in [0.2, 0.25) is 0 Å². The van der Waals surface area contributed by atoms with Crippen molar-refractivity contribution in [2.45, 2.75) is 20.8 Å². The van der Waals surface area contributed by atoms with E-state index in [0.717, 1.165) is 12.2 Å². The molecule has 10 heavy (non-hydrogen) atoms. The molecule has 0 rings (SSSR count). The van der Waals surface area contributed by atoms with Gasteiger partial charge in [-0.15, -0.1) is 0 Å². The minimum absolute atomic E-state index is 0.970. The summed E-state index contributed by atoms with van der Waals surface area (Å²) in [5.41, 5.74) is 2.46. The number of allylic oxidation sites excluding steroid dienone is 2. The van der Waals surface area contributed by atoms with E-state index in [1.165, 1.54) is 5.57 Å². The van der Waals surface area contributed by atoms with E-state index in [9.17, 15) is 0 Å². The number of nitrogens with zero attached hydrogens (tertiary/aromatic N) is 1. The highest BCUT2D eigenvalue weighted by atomic mass is 15.1. The molecule has 1 heteroatoms. The number of hydrogen-bond donors (Lipinski definition) is 0. The molecule has 0 spiro atoms. The number of hydrogen-bond acceptors (Lipinski definition) is 1. The molecule has 0 amide bonds. The van der Waals surface area contributed by atoms with Gasteiger partial charge in [0, 0.05) is 19.3 Å². The largest absolute Gasteiger partial charge is 0.375 e. The Labute approximate surface area is 64.0 Å². The van der Waals surface area contributed by atoms with Gasteiger partial charge in [0.25, 0.3) is 0 Å². The van der Waals surface area contributed by atoms with E-state index in [2.05, 4.69) is 31.4 Å². The zero-order valence-electron chi connectivity index (χ0n) is 7.44. The molecular weight excluding hydrogens is 122 g/mol. The smallest absolute Gasteiger partial charge is 0.0355 e. The van der Waals surface area contributed by atoms with E-state index in [1.807, 2.05) is 14.0 Å². The van der Waals surface area contributed by atoms with Gasteiger partial charge in [-0.2, -0.15) is 0 Å². The van der Waals surface area contributed by atoms with Crippen LogP contribution in [-0.4, -0.2) is 18.5 Å². The van der Waals surface area contributed by atoms with Crippen LogP contribution in [0.2, 0.25) is 0 Å². The summed E-state index contributed by atoms with van der Waals surface area (Å²) in [5.74, 6) is 0. The van der Waals surface area contributed by atoms with Crippen LogP contribution in [-0.2, 0) is 0 Å². The van der Waals surface area contributed by atoms with Crippen LogP contribution < -0.4 is 0 Å². The average Bonchev–Trinajstić information content (AvgIpc) is 1.82. The molecule has 0 aliphatic rings. The molecule has 0 fully saturated rings. The van der Waals surface area contributed by atoms with Crippen molar-refractivity contribution in [1.82, 2.24) is 4.90 Å². The van der Waals surface area contributed by atoms with Gasteiger partial charge in [0.1, 0.15) is 0 Å². The van der Waals surface area contributed by atoms with Crippen molar-refractivity contribution >= 4 is 0 Å². The van der Waals surface area contributed by atoms with Crippen molar-refractivity contribution in [1.29, 1.82) is 0 Å². The van der Waals surface area contributed by atoms with Crippen molar-refractivity contribution in [2.75, 3.05) is 13.6 Å². The molecule has 0 saturated carbocycles. The van der Waals surface area contributed by atoms with Gasteiger partial charge in [-0.25, -0.2) is 0 Å². The average molecular weight is 139 g/mol. The Balaban J connectivity index is 3.70. The Bertz CT molecular complexity index is 141. The molecule has 0 atom stereocenters. The van der Waals surface area contributed by atoms with E-state index in [-0.39, 0.29) is 0 Å². The van der Waals surface area contributed by atoms with Crippen LogP contribution in [0, 0.1) is 0 Å². The van der Waals surface area contributed by atoms with E-state index >= 15 is 0 Å². The zero-order chi connectivity index (χ0) is 8.15. The van der Waals surface area contributed by atoms with Crippen LogP contribution in [0.3, 0.4) is 0 Å². The van der Waals surface area contributed by atoms with Gasteiger partial charge in [-0.3, -0.25) is 0 Å². The number of rotatable bonds is 3. The normalized spacial score (nSPS) is 8.80. The number of likely N-dealkylation sites (N-methyl/N-ethyl adjacent to an activating group) is 1. The van der Waals surface area contributed by atoms with E-state index in [1.54, 1.807) is 0 Å². The van der Waals surface area contributed by atoms with Crippen LogP contribution in [0.25, 0.3) is 0 Å². The fourth-order valence-corrected chi connectivity index (χ4v) is 0.475. The third-order valence-corrected chi connectivity index (χ3v) is 1.43. The summed E-state index contributed by atoms with van der Waals surface area (Å²) in [6.07, 6.45) is 2.19. The van der Waals surface area contributed by atoms with Gasteiger partial charge in [-0.05, 0) is 20.8 Å². The molecule has 0 aromatic heterocycles. The highest BCUT2D eigenvalue weighted by Crippen LogP contribution is 1.97. The molecule has 0 aliphatic carbocycles. The van der Waals surface area contributed by atoms with Crippen LogP contribution in [0.4, 0.5) is 0 Å². The Morgan fingerprint density at radius 3 is 2.20 bits per heavy atom. The lowest BCUT2D eigenvalue weighted by atomic mass is 10.3. The van der Waals surface area contributed by atoms with Gasteiger partial charge in [0.05, 0.1) is 0 Å². The summed E-state index contributed by atoms with van der Waals surface area (Å²) in [5, 5.41) is 0. The predicted octanol–water partition coefficient (Wildman–Crippen LogP) is 2.42. The minimum Gasteiger partial charge on any atom is -0.375 e. The lowest BCUT2D eigenvalue weighted by Crippen LogP contribution is -2.14. The van der Waals surface area contributed by atoms with E-state index in [0.29, 0.717) is 0 Å². The molecule has 0 bridgehead atoms. The summed E-state index contributed by atoms with van der Waals surface area (Å²) in [6.45, 7) is 11.0. The fraction of sp³-hybridized carbons (Fsp3) is 0.556. The molecule has 0 heterocycles. The second-order valence-electron chi connectivity index (χ2n) is 2.90. The second-order valence-corrected chi connectivity index (χ2v) is 2.90. The maximum absolute atomic E-state index is 3.83. The molecule has 0 N–H and O–H groups in total. The van der Waals surface area contributed by atoms with Crippen molar-refractivity contribution in [3.8, 4) is 0 Å². The first-order valence-corrected chi connectivity index (χ1v) is 3.54. The van der Waals surface area contributed by atoms with E-state index in [4.69, 9.17) is 0 Å². The van der Waals surface area contributed by atoms with Crippen LogP contribution >= 0.6 is 0 Å². The summed E-state index contributed by atoms with van der Waals surface area (Å²) >= 11 is 0. The zero-order valence-corrected chi connectivity index (χ0v) is 7.44. The first kappa shape index (κ1) is 9.28. The third kappa shape index (κ3) is 4.19. The summed E-state index contributed by atoms with van der Waals surface area (Å²) in [7, 11) is 2.04. The fourth-order valence-electron chi connectivity index (χ4n) is 0.475. The highest BCUT2D eigenvalue weighted by molar-refractivity contribution is 4.98. The van der Waals surface area contributed by atoms with Gasteiger partial charge in [-0.1, -0.05) is 18.2 Å². The summed E-state index contributed by atoms with van der Waals surface area (Å²) in [4.78, 5) is 2.12. The monoisotopic (exact) mass is 139 g/mol. The Morgan fingerprint density at radius 2 is 1.90 bits per heavy atom. The predicted molar refractivity (Wildman–Crippen MR) is 46.9 cm³/mol. The molecule has 1 nitrogen and oxygen atoms in total. The summed E-state index contributed by atoms with van der Waals surface area (Å²) < 4.78 is 0.